The number of ether oxygens (including phenoxy) is 3. The van der Waals surface area contributed by atoms with Crippen LogP contribution in [0.1, 0.15) is 28.4 Å². The molecule has 5 nitrogen and oxygen atoms in total. The molecule has 1 aromatic heterocycles. The highest BCUT2D eigenvalue weighted by molar-refractivity contribution is 5.86. The number of benzene rings is 3. The lowest BCUT2D eigenvalue weighted by Crippen LogP contribution is -2.87. The van der Waals surface area contributed by atoms with Crippen molar-refractivity contribution in [2.24, 2.45) is 0 Å². The summed E-state index contributed by atoms with van der Waals surface area (Å²) < 4.78 is 30.7. The molecule has 0 spiro atoms. The van der Waals surface area contributed by atoms with Crippen molar-refractivity contribution in [3.63, 3.8) is 0 Å². The summed E-state index contributed by atoms with van der Waals surface area (Å²) in [4.78, 5) is 3.63. The fourth-order valence-electron chi connectivity index (χ4n) is 4.55. The average molecular weight is 434 g/mol. The van der Waals surface area contributed by atoms with Gasteiger partial charge in [-0.25, -0.2) is 4.39 Å². The normalized spacial score (nSPS) is 15.4. The quantitative estimate of drug-likeness (QED) is 0.481. The monoisotopic (exact) mass is 433 g/mol. The van der Waals surface area contributed by atoms with Gasteiger partial charge in [-0.1, -0.05) is 12.1 Å². The maximum Gasteiger partial charge on any atom is 0.165 e. The predicted molar refractivity (Wildman–Crippen MR) is 121 cm³/mol. The molecule has 3 aromatic carbocycles. The summed E-state index contributed by atoms with van der Waals surface area (Å²) in [6.45, 7) is 1.22. The van der Waals surface area contributed by atoms with Gasteiger partial charge in [-0.15, -0.1) is 0 Å². The van der Waals surface area contributed by atoms with E-state index in [1.54, 1.807) is 32.4 Å². The standard InChI is InChI=1S/C26H25FN2O3/c1-30-18-8-9-22-20(14-18)19-11-12-28-25(26(19)29-22)16-7-10-23(31-2)17(13-16)15-32-24-6-4-3-5-21(24)27/h3-10,13-14,25,28-29H,11-12,15H2,1-2H3/p+1/t25-/m1/s1. The number of nitrogens with two attached hydrogens (primary N) is 1. The molecular weight excluding hydrogens is 407 g/mol. The minimum Gasteiger partial charge on any atom is -0.497 e. The Morgan fingerprint density at radius 1 is 1.00 bits per heavy atom. The second-order valence-corrected chi connectivity index (χ2v) is 7.97. The number of halogens is 1. The lowest BCUT2D eigenvalue weighted by atomic mass is 9.93. The third-order valence-corrected chi connectivity index (χ3v) is 6.14. The number of para-hydroxylation sites is 1. The van der Waals surface area contributed by atoms with Crippen LogP contribution in [0.3, 0.4) is 0 Å². The first kappa shape index (κ1) is 20.4. The maximum atomic E-state index is 14.0. The SMILES string of the molecule is COc1ccc2[nH]c3c(c2c1)CC[NH2+][C@@H]3c1ccc(OC)c(COc2ccccc2F)c1. The first-order chi connectivity index (χ1) is 15.7. The fourth-order valence-corrected chi connectivity index (χ4v) is 4.55. The van der Waals surface area contributed by atoms with Crippen LogP contribution in [-0.2, 0) is 13.0 Å². The minimum atomic E-state index is -0.374. The van der Waals surface area contributed by atoms with Crippen LogP contribution in [0.15, 0.2) is 60.7 Å². The summed E-state index contributed by atoms with van der Waals surface area (Å²) in [6.07, 6.45) is 0.998. The molecule has 0 bridgehead atoms. The summed E-state index contributed by atoms with van der Waals surface area (Å²) in [5.41, 5.74) is 5.70. The van der Waals surface area contributed by atoms with Crippen LogP contribution in [0.25, 0.3) is 10.9 Å². The number of hydrogen-bond acceptors (Lipinski definition) is 3. The molecule has 164 valence electrons. The van der Waals surface area contributed by atoms with Gasteiger partial charge in [-0.3, -0.25) is 0 Å². The maximum absolute atomic E-state index is 14.0. The number of nitrogens with one attached hydrogen (secondary N) is 1. The smallest absolute Gasteiger partial charge is 0.165 e. The van der Waals surface area contributed by atoms with Gasteiger partial charge in [-0.05, 0) is 54.1 Å². The minimum absolute atomic E-state index is 0.135. The Kier molecular flexibility index (Phi) is 5.45. The van der Waals surface area contributed by atoms with Gasteiger partial charge in [-0.2, -0.15) is 0 Å². The summed E-state index contributed by atoms with van der Waals surface area (Å²) in [6, 6.07) is 18.9. The summed E-state index contributed by atoms with van der Waals surface area (Å²) in [7, 11) is 3.33. The van der Waals surface area contributed by atoms with Crippen LogP contribution in [0.2, 0.25) is 0 Å². The summed E-state index contributed by atoms with van der Waals surface area (Å²) >= 11 is 0. The van der Waals surface area contributed by atoms with Crippen molar-refractivity contribution in [2.45, 2.75) is 19.1 Å². The molecule has 1 aliphatic heterocycles. The largest absolute Gasteiger partial charge is 0.497 e. The lowest BCUT2D eigenvalue weighted by molar-refractivity contribution is -0.690. The molecule has 1 aliphatic rings. The van der Waals surface area contributed by atoms with Crippen molar-refractivity contribution in [1.29, 1.82) is 0 Å². The van der Waals surface area contributed by atoms with Crippen LogP contribution < -0.4 is 19.5 Å². The molecule has 0 radical (unpaired) electrons. The van der Waals surface area contributed by atoms with Gasteiger partial charge in [0, 0.05) is 28.5 Å². The van der Waals surface area contributed by atoms with Gasteiger partial charge in [0.25, 0.3) is 0 Å². The van der Waals surface area contributed by atoms with Gasteiger partial charge >= 0.3 is 0 Å². The van der Waals surface area contributed by atoms with Gasteiger partial charge in [0.05, 0.1) is 26.5 Å². The highest BCUT2D eigenvalue weighted by atomic mass is 19.1. The zero-order valence-electron chi connectivity index (χ0n) is 18.2. The van der Waals surface area contributed by atoms with Crippen LogP contribution in [0.4, 0.5) is 4.39 Å². The van der Waals surface area contributed by atoms with Crippen molar-refractivity contribution >= 4 is 10.9 Å². The summed E-state index contributed by atoms with van der Waals surface area (Å²) in [5, 5.41) is 3.56. The fraction of sp³-hybridized carbons (Fsp3) is 0.231. The molecule has 0 aliphatic carbocycles. The van der Waals surface area contributed by atoms with Crippen LogP contribution in [0, 0.1) is 5.82 Å². The Labute approximate surface area is 186 Å². The Hall–Kier alpha value is -3.51. The zero-order valence-corrected chi connectivity index (χ0v) is 18.2. The van der Waals surface area contributed by atoms with E-state index >= 15 is 0 Å². The number of methoxy groups -OCH3 is 2. The Balaban J connectivity index is 1.49. The average Bonchev–Trinajstić information content (AvgIpc) is 3.21. The Morgan fingerprint density at radius 3 is 2.69 bits per heavy atom. The molecule has 0 unspecified atom stereocenters. The van der Waals surface area contributed by atoms with Gasteiger partial charge in [0.15, 0.2) is 17.6 Å². The molecule has 3 N–H and O–H groups in total. The molecule has 0 saturated carbocycles. The van der Waals surface area contributed by atoms with E-state index in [2.05, 4.69) is 34.6 Å². The number of aromatic amines is 1. The van der Waals surface area contributed by atoms with E-state index in [0.717, 1.165) is 41.1 Å². The lowest BCUT2D eigenvalue weighted by Gasteiger charge is -2.22. The van der Waals surface area contributed by atoms with E-state index in [1.807, 2.05) is 12.1 Å². The van der Waals surface area contributed by atoms with E-state index in [0.29, 0.717) is 0 Å². The third kappa shape index (κ3) is 3.67. The van der Waals surface area contributed by atoms with E-state index < -0.39 is 0 Å². The molecule has 0 amide bonds. The number of hydrogen-bond donors (Lipinski definition) is 2. The van der Waals surface area contributed by atoms with Crippen LogP contribution in [-0.4, -0.2) is 25.7 Å². The number of rotatable bonds is 6. The van der Waals surface area contributed by atoms with Gasteiger partial charge < -0.3 is 24.5 Å². The highest BCUT2D eigenvalue weighted by Crippen LogP contribution is 2.34. The molecule has 0 saturated heterocycles. The third-order valence-electron chi connectivity index (χ3n) is 6.14. The van der Waals surface area contributed by atoms with E-state index in [-0.39, 0.29) is 24.2 Å². The van der Waals surface area contributed by atoms with Crippen LogP contribution in [0.5, 0.6) is 17.2 Å². The number of quaternary nitrogens is 1. The zero-order chi connectivity index (χ0) is 22.1. The van der Waals surface area contributed by atoms with E-state index in [9.17, 15) is 4.39 Å². The Morgan fingerprint density at radius 2 is 1.88 bits per heavy atom. The van der Waals surface area contributed by atoms with Crippen molar-refractivity contribution < 1.29 is 23.9 Å². The number of aromatic nitrogens is 1. The van der Waals surface area contributed by atoms with Crippen molar-refractivity contribution in [1.82, 2.24) is 4.98 Å². The summed E-state index contributed by atoms with van der Waals surface area (Å²) in [5.74, 6) is 1.45. The Bertz CT molecular complexity index is 1270. The molecule has 0 fully saturated rings. The topological polar surface area (TPSA) is 60.1 Å². The van der Waals surface area contributed by atoms with Gasteiger partial charge in [0.2, 0.25) is 0 Å². The molecule has 4 aromatic rings. The molecule has 5 rings (SSSR count). The molecule has 1 atom stereocenters. The molecule has 32 heavy (non-hydrogen) atoms. The van der Waals surface area contributed by atoms with E-state index in [4.69, 9.17) is 14.2 Å². The first-order valence-electron chi connectivity index (χ1n) is 10.7. The van der Waals surface area contributed by atoms with Gasteiger partial charge in [0.1, 0.15) is 18.1 Å². The second-order valence-electron chi connectivity index (χ2n) is 7.97. The number of H-pyrrole nitrogens is 1. The molecular formula is C26H26FN2O3+. The highest BCUT2D eigenvalue weighted by Gasteiger charge is 2.29. The predicted octanol–water partition coefficient (Wildman–Crippen LogP) is 4.11. The number of fused-ring (bicyclic) bond motifs is 3. The van der Waals surface area contributed by atoms with Crippen LogP contribution >= 0.6 is 0 Å². The van der Waals surface area contributed by atoms with E-state index in [1.165, 1.54) is 22.7 Å². The second kappa shape index (κ2) is 8.55. The van der Waals surface area contributed by atoms with Crippen molar-refractivity contribution in [3.8, 4) is 17.2 Å². The molecule has 2 heterocycles. The van der Waals surface area contributed by atoms with Crippen molar-refractivity contribution in [2.75, 3.05) is 20.8 Å². The van der Waals surface area contributed by atoms with Crippen molar-refractivity contribution in [3.05, 3.63) is 88.9 Å². The molecule has 6 heteroatoms. The first-order valence-corrected chi connectivity index (χ1v) is 10.7.